The van der Waals surface area contributed by atoms with E-state index in [1.54, 1.807) is 24.3 Å². The zero-order valence-corrected chi connectivity index (χ0v) is 7.69. The topological polar surface area (TPSA) is 9.23 Å². The van der Waals surface area contributed by atoms with Crippen LogP contribution < -0.4 is 4.74 Å². The molecule has 0 radical (unpaired) electrons. The van der Waals surface area contributed by atoms with Gasteiger partial charge in [0.15, 0.2) is 0 Å². The third kappa shape index (κ3) is 2.02. The maximum Gasteiger partial charge on any atom is 0.286 e. The van der Waals surface area contributed by atoms with E-state index in [1.165, 1.54) is 12.2 Å². The SMILES string of the molecule is FC1(Oc2ccccc2)C=CCC=C1. The smallest absolute Gasteiger partial charge is 0.286 e. The van der Waals surface area contributed by atoms with E-state index < -0.39 is 5.85 Å². The van der Waals surface area contributed by atoms with Crippen LogP contribution in [0.4, 0.5) is 4.39 Å². The third-order valence-electron chi connectivity index (χ3n) is 1.98. The van der Waals surface area contributed by atoms with Crippen molar-refractivity contribution in [1.29, 1.82) is 0 Å². The molecule has 0 fully saturated rings. The zero-order valence-electron chi connectivity index (χ0n) is 7.69. The summed E-state index contributed by atoms with van der Waals surface area (Å²) >= 11 is 0. The third-order valence-corrected chi connectivity index (χ3v) is 1.98. The van der Waals surface area contributed by atoms with E-state index in [0.717, 1.165) is 6.42 Å². The van der Waals surface area contributed by atoms with Crippen LogP contribution >= 0.6 is 0 Å². The summed E-state index contributed by atoms with van der Waals surface area (Å²) in [6.07, 6.45) is 7.13. The van der Waals surface area contributed by atoms with Gasteiger partial charge in [-0.2, -0.15) is 4.39 Å². The van der Waals surface area contributed by atoms with Crippen LogP contribution in [-0.4, -0.2) is 5.85 Å². The molecule has 2 rings (SSSR count). The highest BCUT2D eigenvalue weighted by Gasteiger charge is 2.25. The van der Waals surface area contributed by atoms with E-state index in [9.17, 15) is 4.39 Å². The van der Waals surface area contributed by atoms with Crippen molar-refractivity contribution in [2.45, 2.75) is 12.3 Å². The fourth-order valence-corrected chi connectivity index (χ4v) is 1.33. The van der Waals surface area contributed by atoms with Gasteiger partial charge in [0, 0.05) is 0 Å². The molecule has 0 saturated carbocycles. The summed E-state index contributed by atoms with van der Waals surface area (Å²) in [6.45, 7) is 0. The highest BCUT2D eigenvalue weighted by molar-refractivity contribution is 5.25. The van der Waals surface area contributed by atoms with Crippen molar-refractivity contribution >= 4 is 0 Å². The number of hydrogen-bond donors (Lipinski definition) is 0. The summed E-state index contributed by atoms with van der Waals surface area (Å²) in [7, 11) is 0. The average Bonchev–Trinajstić information content (AvgIpc) is 2.19. The molecular formula is C12H11FO. The standard InChI is InChI=1S/C12H11FO/c13-12(9-5-2-6-10-12)14-11-7-3-1-4-8-11/h1,3-10H,2H2. The minimum absolute atomic E-state index is 0.534. The fourth-order valence-electron chi connectivity index (χ4n) is 1.33. The van der Waals surface area contributed by atoms with E-state index in [0.29, 0.717) is 5.75 Å². The van der Waals surface area contributed by atoms with Gasteiger partial charge >= 0.3 is 0 Å². The molecule has 0 heterocycles. The van der Waals surface area contributed by atoms with Gasteiger partial charge in [0.05, 0.1) is 0 Å². The number of para-hydroxylation sites is 1. The second-order valence-corrected chi connectivity index (χ2v) is 3.15. The molecule has 0 unspecified atom stereocenters. The minimum Gasteiger partial charge on any atom is -0.451 e. The number of allylic oxidation sites excluding steroid dienone is 2. The Bertz CT molecular complexity index is 342. The van der Waals surface area contributed by atoms with Crippen LogP contribution in [0.2, 0.25) is 0 Å². The molecule has 0 bridgehead atoms. The molecule has 0 saturated heterocycles. The first kappa shape index (κ1) is 9.00. The van der Waals surface area contributed by atoms with Crippen LogP contribution in [0.3, 0.4) is 0 Å². The summed E-state index contributed by atoms with van der Waals surface area (Å²) < 4.78 is 19.1. The Morgan fingerprint density at radius 2 is 1.71 bits per heavy atom. The number of halogens is 1. The second kappa shape index (κ2) is 3.66. The molecule has 0 aliphatic heterocycles. The molecule has 14 heavy (non-hydrogen) atoms. The van der Waals surface area contributed by atoms with Crippen LogP contribution in [0.5, 0.6) is 5.75 Å². The molecule has 1 aromatic carbocycles. The zero-order chi connectivity index (χ0) is 9.86. The largest absolute Gasteiger partial charge is 0.451 e. The number of alkyl halides is 1. The van der Waals surface area contributed by atoms with Gasteiger partial charge in [-0.05, 0) is 30.7 Å². The molecule has 1 nitrogen and oxygen atoms in total. The summed E-state index contributed by atoms with van der Waals surface area (Å²) in [5.41, 5.74) is 0. The van der Waals surface area contributed by atoms with Crippen molar-refractivity contribution < 1.29 is 9.13 Å². The Morgan fingerprint density at radius 3 is 2.36 bits per heavy atom. The Morgan fingerprint density at radius 1 is 1.07 bits per heavy atom. The van der Waals surface area contributed by atoms with Gasteiger partial charge in [-0.25, -0.2) is 0 Å². The predicted octanol–water partition coefficient (Wildman–Crippen LogP) is 3.25. The molecule has 1 aliphatic carbocycles. The van der Waals surface area contributed by atoms with Crippen molar-refractivity contribution in [3.63, 3.8) is 0 Å². The molecule has 2 heteroatoms. The van der Waals surface area contributed by atoms with Crippen molar-refractivity contribution in [3.05, 3.63) is 54.6 Å². The van der Waals surface area contributed by atoms with Gasteiger partial charge in [-0.1, -0.05) is 30.4 Å². The van der Waals surface area contributed by atoms with Gasteiger partial charge in [-0.15, -0.1) is 0 Å². The van der Waals surface area contributed by atoms with Crippen molar-refractivity contribution in [3.8, 4) is 5.75 Å². The molecule has 0 spiro atoms. The van der Waals surface area contributed by atoms with E-state index in [2.05, 4.69) is 0 Å². The summed E-state index contributed by atoms with van der Waals surface area (Å²) in [5, 5.41) is 0. The second-order valence-electron chi connectivity index (χ2n) is 3.15. The first-order chi connectivity index (χ1) is 6.79. The molecular weight excluding hydrogens is 179 g/mol. The van der Waals surface area contributed by atoms with Gasteiger partial charge in [0.1, 0.15) is 5.75 Å². The Hall–Kier alpha value is -1.57. The van der Waals surface area contributed by atoms with Gasteiger partial charge < -0.3 is 4.74 Å². The summed E-state index contributed by atoms with van der Waals surface area (Å²) in [6, 6.07) is 8.96. The van der Waals surface area contributed by atoms with Gasteiger partial charge in [0.25, 0.3) is 5.85 Å². The molecule has 1 aliphatic rings. The monoisotopic (exact) mass is 190 g/mol. The predicted molar refractivity (Wildman–Crippen MR) is 53.8 cm³/mol. The Balaban J connectivity index is 2.14. The number of ether oxygens (including phenoxy) is 1. The van der Waals surface area contributed by atoms with E-state index >= 15 is 0 Å². The van der Waals surface area contributed by atoms with E-state index in [4.69, 9.17) is 4.74 Å². The maximum absolute atomic E-state index is 13.9. The van der Waals surface area contributed by atoms with E-state index in [1.807, 2.05) is 18.2 Å². The van der Waals surface area contributed by atoms with Crippen molar-refractivity contribution in [2.24, 2.45) is 0 Å². The minimum atomic E-state index is -1.78. The molecule has 72 valence electrons. The number of rotatable bonds is 2. The lowest BCUT2D eigenvalue weighted by Crippen LogP contribution is -2.26. The molecule has 0 N–H and O–H groups in total. The molecule has 1 aromatic rings. The lowest BCUT2D eigenvalue weighted by atomic mass is 10.1. The normalized spacial score (nSPS) is 18.1. The highest BCUT2D eigenvalue weighted by Crippen LogP contribution is 2.24. The molecule has 0 amide bonds. The van der Waals surface area contributed by atoms with Gasteiger partial charge in [-0.3, -0.25) is 0 Å². The fraction of sp³-hybridized carbons (Fsp3) is 0.167. The quantitative estimate of drug-likeness (QED) is 0.650. The number of benzene rings is 1. The summed E-state index contributed by atoms with van der Waals surface area (Å²) in [5.74, 6) is -1.24. The lowest BCUT2D eigenvalue weighted by Gasteiger charge is -2.21. The Kier molecular flexibility index (Phi) is 2.35. The lowest BCUT2D eigenvalue weighted by molar-refractivity contribution is 0.0313. The highest BCUT2D eigenvalue weighted by atomic mass is 19.2. The summed E-state index contributed by atoms with van der Waals surface area (Å²) in [4.78, 5) is 0. The van der Waals surface area contributed by atoms with Crippen molar-refractivity contribution in [1.82, 2.24) is 0 Å². The first-order valence-corrected chi connectivity index (χ1v) is 4.57. The van der Waals surface area contributed by atoms with Crippen LogP contribution in [0, 0.1) is 0 Å². The number of hydrogen-bond acceptors (Lipinski definition) is 1. The van der Waals surface area contributed by atoms with Crippen LogP contribution in [-0.2, 0) is 0 Å². The van der Waals surface area contributed by atoms with Gasteiger partial charge in [0.2, 0.25) is 0 Å². The van der Waals surface area contributed by atoms with Crippen LogP contribution in [0.25, 0.3) is 0 Å². The average molecular weight is 190 g/mol. The molecule has 0 atom stereocenters. The maximum atomic E-state index is 13.9. The van der Waals surface area contributed by atoms with Crippen molar-refractivity contribution in [2.75, 3.05) is 0 Å². The van der Waals surface area contributed by atoms with E-state index in [-0.39, 0.29) is 0 Å². The van der Waals surface area contributed by atoms with Crippen LogP contribution in [0.15, 0.2) is 54.6 Å². The molecule has 0 aromatic heterocycles. The van der Waals surface area contributed by atoms with Crippen LogP contribution in [0.1, 0.15) is 6.42 Å². The first-order valence-electron chi connectivity index (χ1n) is 4.57. The Labute approximate surface area is 82.5 Å².